The van der Waals surface area contributed by atoms with E-state index in [0.29, 0.717) is 12.4 Å². The Bertz CT molecular complexity index is 561. The van der Waals surface area contributed by atoms with Crippen LogP contribution in [0.2, 0.25) is 0 Å². The highest BCUT2D eigenvalue weighted by molar-refractivity contribution is 5.90. The molecule has 2 aromatic rings. The van der Waals surface area contributed by atoms with E-state index in [-0.39, 0.29) is 5.69 Å². The number of hydrogen-bond donors (Lipinski definition) is 2. The van der Waals surface area contributed by atoms with Crippen LogP contribution in [0.15, 0.2) is 24.5 Å². The fourth-order valence-electron chi connectivity index (χ4n) is 1.60. The molecule has 0 aliphatic rings. The normalized spacial score (nSPS) is 10.5. The summed E-state index contributed by atoms with van der Waals surface area (Å²) in [5, 5.41) is 4.05. The number of rotatable bonds is 3. The second kappa shape index (κ2) is 4.34. The first-order valence-corrected chi connectivity index (χ1v) is 5.14. The maximum atomic E-state index is 11.0. The lowest BCUT2D eigenvalue weighted by atomic mass is 10.1. The van der Waals surface area contributed by atoms with Crippen LogP contribution in [0.1, 0.15) is 21.6 Å². The van der Waals surface area contributed by atoms with Crippen molar-refractivity contribution in [2.24, 2.45) is 11.5 Å². The average Bonchev–Trinajstić information content (AvgIpc) is 2.77. The van der Waals surface area contributed by atoms with Gasteiger partial charge in [-0.2, -0.15) is 5.10 Å². The molecule has 2 rings (SSSR count). The van der Waals surface area contributed by atoms with Crippen molar-refractivity contribution in [2.75, 3.05) is 0 Å². The minimum atomic E-state index is -0.564. The maximum Gasteiger partial charge on any atom is 0.269 e. The molecule has 0 aromatic carbocycles. The highest BCUT2D eigenvalue weighted by Gasteiger charge is 2.11. The zero-order valence-electron chi connectivity index (χ0n) is 9.42. The third-order valence-electron chi connectivity index (χ3n) is 2.53. The van der Waals surface area contributed by atoms with Gasteiger partial charge in [-0.3, -0.25) is 4.79 Å². The molecular weight excluding hydrogens is 218 g/mol. The Morgan fingerprint density at radius 2 is 2.24 bits per heavy atom. The van der Waals surface area contributed by atoms with Crippen molar-refractivity contribution in [3.05, 3.63) is 41.3 Å². The number of amides is 1. The molecule has 0 saturated carbocycles. The molecular formula is C11H13N5O. The third kappa shape index (κ3) is 2.02. The predicted octanol–water partition coefficient (Wildman–Crippen LogP) is 0.133. The van der Waals surface area contributed by atoms with Gasteiger partial charge in [0, 0.05) is 24.5 Å². The van der Waals surface area contributed by atoms with Crippen molar-refractivity contribution in [1.29, 1.82) is 0 Å². The molecule has 0 atom stereocenters. The number of aryl methyl sites for hydroxylation is 1. The molecule has 0 fully saturated rings. The van der Waals surface area contributed by atoms with Gasteiger partial charge in [-0.25, -0.2) is 9.67 Å². The minimum absolute atomic E-state index is 0.205. The molecule has 0 saturated heterocycles. The van der Waals surface area contributed by atoms with Crippen molar-refractivity contribution in [1.82, 2.24) is 14.8 Å². The topological polar surface area (TPSA) is 99.8 Å². The van der Waals surface area contributed by atoms with Gasteiger partial charge in [-0.05, 0) is 24.6 Å². The standard InChI is InChI=1S/C11H13N5O/c1-7-2-4-14-11(8(7)6-12)16-5-3-9(15-16)10(13)17/h2-5H,6,12H2,1H3,(H2,13,17). The van der Waals surface area contributed by atoms with Crippen LogP contribution in [0.25, 0.3) is 5.82 Å². The molecule has 0 radical (unpaired) electrons. The van der Waals surface area contributed by atoms with Crippen molar-refractivity contribution < 1.29 is 4.79 Å². The van der Waals surface area contributed by atoms with Crippen LogP contribution in [-0.4, -0.2) is 20.7 Å². The van der Waals surface area contributed by atoms with Gasteiger partial charge in [-0.1, -0.05) is 0 Å². The quantitative estimate of drug-likeness (QED) is 0.784. The van der Waals surface area contributed by atoms with Gasteiger partial charge in [0.1, 0.15) is 5.69 Å². The Balaban J connectivity index is 2.52. The van der Waals surface area contributed by atoms with E-state index < -0.39 is 5.91 Å². The summed E-state index contributed by atoms with van der Waals surface area (Å²) in [5.41, 5.74) is 13.0. The molecule has 0 unspecified atom stereocenters. The summed E-state index contributed by atoms with van der Waals surface area (Å²) in [6.45, 7) is 2.31. The second-order valence-electron chi connectivity index (χ2n) is 3.64. The highest BCUT2D eigenvalue weighted by Crippen LogP contribution is 2.14. The molecule has 17 heavy (non-hydrogen) atoms. The number of nitrogens with two attached hydrogens (primary N) is 2. The van der Waals surface area contributed by atoms with Gasteiger partial charge in [0.15, 0.2) is 5.82 Å². The first-order chi connectivity index (χ1) is 8.13. The Morgan fingerprint density at radius 3 is 2.82 bits per heavy atom. The summed E-state index contributed by atoms with van der Waals surface area (Å²) in [6, 6.07) is 3.43. The fraction of sp³-hybridized carbons (Fsp3) is 0.182. The minimum Gasteiger partial charge on any atom is -0.364 e. The van der Waals surface area contributed by atoms with Crippen LogP contribution in [0.4, 0.5) is 0 Å². The molecule has 0 spiro atoms. The fourth-order valence-corrected chi connectivity index (χ4v) is 1.60. The van der Waals surface area contributed by atoms with E-state index in [2.05, 4.69) is 10.1 Å². The summed E-state index contributed by atoms with van der Waals surface area (Å²) in [7, 11) is 0. The van der Waals surface area contributed by atoms with Crippen molar-refractivity contribution in [2.45, 2.75) is 13.5 Å². The van der Waals surface area contributed by atoms with Crippen LogP contribution in [0.5, 0.6) is 0 Å². The van der Waals surface area contributed by atoms with Gasteiger partial charge in [0.2, 0.25) is 0 Å². The van der Waals surface area contributed by atoms with Crippen LogP contribution < -0.4 is 11.5 Å². The highest BCUT2D eigenvalue weighted by atomic mass is 16.1. The van der Waals surface area contributed by atoms with Gasteiger partial charge in [-0.15, -0.1) is 0 Å². The molecule has 2 heterocycles. The molecule has 2 aromatic heterocycles. The molecule has 0 aliphatic carbocycles. The van der Waals surface area contributed by atoms with E-state index in [1.807, 2.05) is 13.0 Å². The number of nitrogens with zero attached hydrogens (tertiary/aromatic N) is 3. The van der Waals surface area contributed by atoms with Gasteiger partial charge in [0.25, 0.3) is 5.91 Å². The molecule has 0 bridgehead atoms. The molecule has 88 valence electrons. The van der Waals surface area contributed by atoms with E-state index >= 15 is 0 Å². The SMILES string of the molecule is Cc1ccnc(-n2ccc(C(N)=O)n2)c1CN. The summed E-state index contributed by atoms with van der Waals surface area (Å²) < 4.78 is 1.51. The summed E-state index contributed by atoms with van der Waals surface area (Å²) in [6.07, 6.45) is 3.32. The number of aromatic nitrogens is 3. The Morgan fingerprint density at radius 1 is 1.47 bits per heavy atom. The van der Waals surface area contributed by atoms with E-state index in [1.54, 1.807) is 18.5 Å². The number of carbonyl (C=O) groups excluding carboxylic acids is 1. The summed E-state index contributed by atoms with van der Waals surface area (Å²) in [4.78, 5) is 15.2. The smallest absolute Gasteiger partial charge is 0.269 e. The first kappa shape index (κ1) is 11.3. The van der Waals surface area contributed by atoms with Crippen LogP contribution in [0.3, 0.4) is 0 Å². The van der Waals surface area contributed by atoms with Crippen molar-refractivity contribution >= 4 is 5.91 Å². The number of primary amides is 1. The average molecular weight is 231 g/mol. The van der Waals surface area contributed by atoms with E-state index in [1.165, 1.54) is 4.68 Å². The van der Waals surface area contributed by atoms with Gasteiger partial charge >= 0.3 is 0 Å². The Kier molecular flexibility index (Phi) is 2.88. The zero-order chi connectivity index (χ0) is 12.4. The monoisotopic (exact) mass is 231 g/mol. The maximum absolute atomic E-state index is 11.0. The lowest BCUT2D eigenvalue weighted by Crippen LogP contribution is -2.13. The van der Waals surface area contributed by atoms with Crippen molar-refractivity contribution in [3.63, 3.8) is 0 Å². The Labute approximate surface area is 98.3 Å². The summed E-state index contributed by atoms with van der Waals surface area (Å²) >= 11 is 0. The molecule has 4 N–H and O–H groups in total. The summed E-state index contributed by atoms with van der Waals surface area (Å²) in [5.74, 6) is 0.0608. The van der Waals surface area contributed by atoms with E-state index in [9.17, 15) is 4.79 Å². The first-order valence-electron chi connectivity index (χ1n) is 5.14. The molecule has 1 amide bonds. The van der Waals surface area contributed by atoms with Gasteiger partial charge < -0.3 is 11.5 Å². The van der Waals surface area contributed by atoms with Crippen LogP contribution >= 0.6 is 0 Å². The lowest BCUT2D eigenvalue weighted by molar-refractivity contribution is 0.0995. The molecule has 6 heteroatoms. The van der Waals surface area contributed by atoms with Crippen molar-refractivity contribution in [3.8, 4) is 5.82 Å². The number of carbonyl (C=O) groups is 1. The van der Waals surface area contributed by atoms with Gasteiger partial charge in [0.05, 0.1) is 0 Å². The largest absolute Gasteiger partial charge is 0.364 e. The van der Waals surface area contributed by atoms with E-state index in [4.69, 9.17) is 11.5 Å². The van der Waals surface area contributed by atoms with Crippen LogP contribution in [-0.2, 0) is 6.54 Å². The van der Waals surface area contributed by atoms with Crippen LogP contribution in [0, 0.1) is 6.92 Å². The third-order valence-corrected chi connectivity index (χ3v) is 2.53. The molecule has 6 nitrogen and oxygen atoms in total. The molecule has 0 aliphatic heterocycles. The second-order valence-corrected chi connectivity index (χ2v) is 3.64. The lowest BCUT2D eigenvalue weighted by Gasteiger charge is -2.08. The number of hydrogen-bond acceptors (Lipinski definition) is 4. The van der Waals surface area contributed by atoms with E-state index in [0.717, 1.165) is 11.1 Å². The number of pyridine rings is 1. The Hall–Kier alpha value is -2.21. The zero-order valence-corrected chi connectivity index (χ0v) is 9.42. The predicted molar refractivity (Wildman–Crippen MR) is 62.5 cm³/mol.